The van der Waals surface area contributed by atoms with Crippen LogP contribution in [0.15, 0.2) is 23.8 Å². The summed E-state index contributed by atoms with van der Waals surface area (Å²) in [5.41, 5.74) is -0.499. The van der Waals surface area contributed by atoms with E-state index >= 15 is 0 Å². The van der Waals surface area contributed by atoms with E-state index in [0.717, 1.165) is 31.1 Å². The molecule has 4 aliphatic rings. The molecule has 0 N–H and O–H groups in total. The van der Waals surface area contributed by atoms with E-state index in [0.29, 0.717) is 43.4 Å². The molecule has 5 nitrogen and oxygen atoms in total. The Bertz CT molecular complexity index is 902. The fraction of sp³-hybridized carbons (Fsp3) is 0.759. The maximum Gasteiger partial charge on any atom is 0.302 e. The Morgan fingerprint density at radius 3 is 2.62 bits per heavy atom. The lowest BCUT2D eigenvalue weighted by Crippen LogP contribution is -2.54. The van der Waals surface area contributed by atoms with Crippen molar-refractivity contribution in [2.24, 2.45) is 34.5 Å². The van der Waals surface area contributed by atoms with Gasteiger partial charge in [-0.2, -0.15) is 0 Å². The van der Waals surface area contributed by atoms with Gasteiger partial charge in [-0.3, -0.25) is 9.59 Å². The first-order valence-corrected chi connectivity index (χ1v) is 13.2. The molecule has 188 valence electrons. The van der Waals surface area contributed by atoms with Crippen LogP contribution in [0.4, 0.5) is 0 Å². The molecule has 5 heteroatoms. The standard InChI is InChI=1S/C29H42O5/c1-18(2)8-7-9-19(3)23-10-11-24(27(23,5)14-15-30)22-16-25-29(34-25)17-21(33-20(4)31)12-13-28(29,6)26(22)32/h7,9,15-16,18-19,21,23-25H,8,10-14,17H2,1-6H3/b9-7+/t19-,21+,23-,24?,25+,27-,28-,29+/m1/s1. The largest absolute Gasteiger partial charge is 0.462 e. The Morgan fingerprint density at radius 2 is 1.97 bits per heavy atom. The zero-order valence-corrected chi connectivity index (χ0v) is 21.8. The number of hydrogen-bond acceptors (Lipinski definition) is 5. The van der Waals surface area contributed by atoms with Crippen molar-refractivity contribution in [3.05, 3.63) is 23.8 Å². The highest BCUT2D eigenvalue weighted by Crippen LogP contribution is 2.66. The molecule has 0 aromatic heterocycles. The van der Waals surface area contributed by atoms with E-state index in [2.05, 4.69) is 45.9 Å². The second-order valence-electron chi connectivity index (χ2n) is 12.2. The summed E-state index contributed by atoms with van der Waals surface area (Å²) in [5, 5.41) is 0. The first-order valence-electron chi connectivity index (χ1n) is 13.2. The normalized spacial score (nSPS) is 42.2. The van der Waals surface area contributed by atoms with E-state index in [1.54, 1.807) is 0 Å². The van der Waals surface area contributed by atoms with Crippen LogP contribution >= 0.6 is 0 Å². The number of carbonyl (C=O) groups is 3. The van der Waals surface area contributed by atoms with Crippen LogP contribution in [-0.4, -0.2) is 35.8 Å². The number of allylic oxidation sites excluding steroid dienone is 3. The van der Waals surface area contributed by atoms with Crippen molar-refractivity contribution in [3.8, 4) is 0 Å². The van der Waals surface area contributed by atoms with Crippen molar-refractivity contribution in [3.63, 3.8) is 0 Å². The molecule has 1 saturated heterocycles. The lowest BCUT2D eigenvalue weighted by molar-refractivity contribution is -0.153. The van der Waals surface area contributed by atoms with Gasteiger partial charge in [-0.1, -0.05) is 39.8 Å². The summed E-state index contributed by atoms with van der Waals surface area (Å²) in [6.07, 6.45) is 12.8. The molecular weight excluding hydrogens is 428 g/mol. The zero-order valence-electron chi connectivity index (χ0n) is 21.8. The molecule has 1 aliphatic heterocycles. The molecule has 34 heavy (non-hydrogen) atoms. The summed E-state index contributed by atoms with van der Waals surface area (Å²) in [7, 11) is 0. The summed E-state index contributed by atoms with van der Waals surface area (Å²) in [4.78, 5) is 37.4. The fourth-order valence-corrected chi connectivity index (χ4v) is 7.58. The molecule has 3 fully saturated rings. The predicted molar refractivity (Wildman–Crippen MR) is 131 cm³/mol. The van der Waals surface area contributed by atoms with E-state index in [9.17, 15) is 14.4 Å². The van der Waals surface area contributed by atoms with Crippen LogP contribution in [0, 0.1) is 34.5 Å². The highest BCUT2D eigenvalue weighted by Gasteiger charge is 2.74. The Morgan fingerprint density at radius 1 is 1.24 bits per heavy atom. The van der Waals surface area contributed by atoms with Gasteiger partial charge in [0.25, 0.3) is 0 Å². The van der Waals surface area contributed by atoms with Gasteiger partial charge in [0.05, 0.1) is 5.41 Å². The van der Waals surface area contributed by atoms with Gasteiger partial charge in [-0.05, 0) is 79.8 Å². The topological polar surface area (TPSA) is 73.0 Å². The molecule has 0 aromatic carbocycles. The summed E-state index contributed by atoms with van der Waals surface area (Å²) in [6.45, 7) is 12.4. The molecule has 8 atom stereocenters. The molecule has 1 heterocycles. The van der Waals surface area contributed by atoms with Crippen LogP contribution in [0.3, 0.4) is 0 Å². The van der Waals surface area contributed by atoms with Gasteiger partial charge in [-0.15, -0.1) is 0 Å². The third-order valence-electron chi connectivity index (χ3n) is 9.59. The molecule has 0 bridgehead atoms. The quantitative estimate of drug-likeness (QED) is 0.199. The van der Waals surface area contributed by atoms with E-state index < -0.39 is 11.0 Å². The second kappa shape index (κ2) is 9.04. The van der Waals surface area contributed by atoms with Crippen LogP contribution in [0.1, 0.15) is 86.5 Å². The van der Waals surface area contributed by atoms with Crippen molar-refractivity contribution in [1.82, 2.24) is 0 Å². The molecular formula is C29H42O5. The van der Waals surface area contributed by atoms with Gasteiger partial charge in [0, 0.05) is 19.8 Å². The van der Waals surface area contributed by atoms with Crippen molar-refractivity contribution < 1.29 is 23.9 Å². The van der Waals surface area contributed by atoms with Gasteiger partial charge in [0.15, 0.2) is 5.78 Å². The van der Waals surface area contributed by atoms with Crippen molar-refractivity contribution in [2.75, 3.05) is 0 Å². The summed E-state index contributed by atoms with van der Waals surface area (Å²) in [6, 6.07) is 0. The summed E-state index contributed by atoms with van der Waals surface area (Å²) in [5.74, 6) is 1.33. The monoisotopic (exact) mass is 470 g/mol. The average molecular weight is 471 g/mol. The maximum absolute atomic E-state index is 14.1. The Balaban J connectivity index is 1.59. The SMILES string of the molecule is CC(=O)O[C@H]1CC[C@]2(C)C(=O)C(C3CC[C@H]([C@H](C)/C=C/CC(C)C)[C@@]3(C)CC=O)=C[C@@H]3O[C@@]32C1. The molecule has 3 aliphatic carbocycles. The first-order chi connectivity index (χ1) is 16.0. The molecule has 0 radical (unpaired) electrons. The molecule has 2 saturated carbocycles. The molecule has 1 spiro atoms. The molecule has 0 amide bonds. The lowest BCUT2D eigenvalue weighted by Gasteiger charge is -2.46. The van der Waals surface area contributed by atoms with Crippen LogP contribution in [0.25, 0.3) is 0 Å². The van der Waals surface area contributed by atoms with Crippen LogP contribution in [0.5, 0.6) is 0 Å². The number of rotatable bonds is 8. The van der Waals surface area contributed by atoms with Gasteiger partial charge in [-0.25, -0.2) is 0 Å². The van der Waals surface area contributed by atoms with E-state index in [4.69, 9.17) is 9.47 Å². The number of Topliss-reactive ketones (excluding diaryl/α,β-unsaturated/α-hetero) is 1. The van der Waals surface area contributed by atoms with Crippen LogP contribution in [-0.2, 0) is 23.9 Å². The highest BCUT2D eigenvalue weighted by atomic mass is 16.6. The Labute approximate surface area is 204 Å². The minimum absolute atomic E-state index is 0.0707. The fourth-order valence-electron chi connectivity index (χ4n) is 7.58. The number of esters is 1. The third kappa shape index (κ3) is 4.02. The summed E-state index contributed by atoms with van der Waals surface area (Å²) >= 11 is 0. The van der Waals surface area contributed by atoms with E-state index in [-0.39, 0.29) is 35.3 Å². The number of ether oxygens (including phenoxy) is 2. The minimum Gasteiger partial charge on any atom is -0.462 e. The van der Waals surface area contributed by atoms with Crippen LogP contribution in [0.2, 0.25) is 0 Å². The third-order valence-corrected chi connectivity index (χ3v) is 9.59. The predicted octanol–water partition coefficient (Wildman–Crippen LogP) is 5.61. The second-order valence-corrected chi connectivity index (χ2v) is 12.2. The smallest absolute Gasteiger partial charge is 0.302 e. The van der Waals surface area contributed by atoms with E-state index in [1.165, 1.54) is 6.92 Å². The van der Waals surface area contributed by atoms with Crippen molar-refractivity contribution >= 4 is 18.0 Å². The number of aldehydes is 1. The van der Waals surface area contributed by atoms with Crippen LogP contribution < -0.4 is 0 Å². The van der Waals surface area contributed by atoms with Gasteiger partial charge in [0.2, 0.25) is 0 Å². The number of ketones is 1. The highest BCUT2D eigenvalue weighted by molar-refractivity contribution is 6.03. The summed E-state index contributed by atoms with van der Waals surface area (Å²) < 4.78 is 11.7. The molecule has 4 rings (SSSR count). The van der Waals surface area contributed by atoms with E-state index in [1.807, 2.05) is 6.92 Å². The Hall–Kier alpha value is -1.75. The number of carbonyl (C=O) groups excluding carboxylic acids is 3. The maximum atomic E-state index is 14.1. The van der Waals surface area contributed by atoms with Crippen molar-refractivity contribution in [1.29, 1.82) is 0 Å². The van der Waals surface area contributed by atoms with Gasteiger partial charge in [0.1, 0.15) is 24.1 Å². The average Bonchev–Trinajstić information content (AvgIpc) is 3.34. The molecule has 0 aromatic rings. The number of hydrogen-bond donors (Lipinski definition) is 0. The molecule has 1 unspecified atom stereocenters. The van der Waals surface area contributed by atoms with Gasteiger partial charge < -0.3 is 14.3 Å². The first kappa shape index (κ1) is 25.3. The number of epoxide rings is 1. The van der Waals surface area contributed by atoms with Crippen molar-refractivity contribution in [2.45, 2.75) is 104 Å². The lowest BCUT2D eigenvalue weighted by atomic mass is 9.55. The van der Waals surface area contributed by atoms with Gasteiger partial charge >= 0.3 is 5.97 Å². The Kier molecular flexibility index (Phi) is 6.74. The zero-order chi connectivity index (χ0) is 24.9. The minimum atomic E-state index is -0.596.